The van der Waals surface area contributed by atoms with Crippen molar-refractivity contribution in [1.82, 2.24) is 14.9 Å². The predicted octanol–water partition coefficient (Wildman–Crippen LogP) is 6.02. The number of benzene rings is 2. The molecule has 2 aromatic carbocycles. The Kier molecular flexibility index (Phi) is 6.05. The average Bonchev–Trinajstić information content (AvgIpc) is 3.35. The second kappa shape index (κ2) is 9.17. The second-order valence-electron chi connectivity index (χ2n) is 8.49. The molecule has 2 aromatic heterocycles. The standard InChI is InChI=1S/C27H23ClN4O2S/c1-16-14-22(17(2)31(16)21-7-5-6-18(15-21)26(33)34)25-24(23-8-3-4-13-29-23)30-27(35)32(25)20-11-9-19(28)10-12-20/h3-15,24-25H,1-2H3,(H,30,35)(H,33,34)/t24-,25-/m0/s1. The lowest BCUT2D eigenvalue weighted by atomic mass is 9.96. The van der Waals surface area contributed by atoms with Crippen LogP contribution in [0.5, 0.6) is 0 Å². The molecular weight excluding hydrogens is 480 g/mol. The molecule has 8 heteroatoms. The summed E-state index contributed by atoms with van der Waals surface area (Å²) in [5, 5.41) is 14.2. The van der Waals surface area contributed by atoms with Gasteiger partial charge in [-0.05, 0) is 92.3 Å². The van der Waals surface area contributed by atoms with Crippen LogP contribution in [0.25, 0.3) is 5.69 Å². The highest BCUT2D eigenvalue weighted by atomic mass is 35.5. The van der Waals surface area contributed by atoms with Crippen molar-refractivity contribution in [3.8, 4) is 5.69 Å². The van der Waals surface area contributed by atoms with Crippen LogP contribution in [-0.2, 0) is 0 Å². The molecule has 0 amide bonds. The third kappa shape index (κ3) is 4.17. The number of pyridine rings is 1. The number of aromatic nitrogens is 2. The number of aromatic carboxylic acids is 1. The number of hydrogen-bond acceptors (Lipinski definition) is 3. The molecule has 0 bridgehead atoms. The lowest BCUT2D eigenvalue weighted by Crippen LogP contribution is -2.29. The first kappa shape index (κ1) is 23.1. The molecule has 1 aliphatic heterocycles. The van der Waals surface area contributed by atoms with Crippen molar-refractivity contribution in [1.29, 1.82) is 0 Å². The van der Waals surface area contributed by atoms with Crippen LogP contribution < -0.4 is 10.2 Å². The van der Waals surface area contributed by atoms with E-state index in [1.165, 1.54) is 0 Å². The van der Waals surface area contributed by atoms with Gasteiger partial charge in [-0.2, -0.15) is 0 Å². The average molecular weight is 503 g/mol. The van der Waals surface area contributed by atoms with E-state index in [0.29, 0.717) is 10.1 Å². The number of carbonyl (C=O) groups is 1. The van der Waals surface area contributed by atoms with Crippen LogP contribution in [-0.4, -0.2) is 25.7 Å². The summed E-state index contributed by atoms with van der Waals surface area (Å²) in [4.78, 5) is 18.3. The number of aryl methyl sites for hydroxylation is 1. The number of carboxylic acid groups (broad SMARTS) is 1. The summed E-state index contributed by atoms with van der Waals surface area (Å²) in [7, 11) is 0. The Bertz CT molecular complexity index is 1420. The Morgan fingerprint density at radius 2 is 1.80 bits per heavy atom. The van der Waals surface area contributed by atoms with E-state index in [2.05, 4.69) is 25.8 Å². The second-order valence-corrected chi connectivity index (χ2v) is 9.31. The summed E-state index contributed by atoms with van der Waals surface area (Å²) < 4.78 is 2.08. The highest BCUT2D eigenvalue weighted by Crippen LogP contribution is 2.43. The van der Waals surface area contributed by atoms with Gasteiger partial charge in [-0.25, -0.2) is 4.79 Å². The fraction of sp³-hybridized carbons (Fsp3) is 0.148. The minimum absolute atomic E-state index is 0.179. The van der Waals surface area contributed by atoms with Crippen molar-refractivity contribution in [3.05, 3.63) is 112 Å². The van der Waals surface area contributed by atoms with Crippen molar-refractivity contribution < 1.29 is 9.90 Å². The molecule has 0 unspecified atom stereocenters. The van der Waals surface area contributed by atoms with Crippen molar-refractivity contribution in [2.24, 2.45) is 0 Å². The van der Waals surface area contributed by atoms with Crippen molar-refractivity contribution in [2.75, 3.05) is 4.90 Å². The number of nitrogens with zero attached hydrogens (tertiary/aromatic N) is 3. The molecule has 4 aromatic rings. The summed E-state index contributed by atoms with van der Waals surface area (Å²) >= 11 is 12.0. The third-order valence-electron chi connectivity index (χ3n) is 6.34. The highest BCUT2D eigenvalue weighted by Gasteiger charge is 2.42. The molecule has 0 radical (unpaired) electrons. The Balaban J connectivity index is 1.67. The van der Waals surface area contributed by atoms with Gasteiger partial charge in [-0.15, -0.1) is 0 Å². The molecule has 2 atom stereocenters. The molecule has 0 aliphatic carbocycles. The van der Waals surface area contributed by atoms with Crippen LogP contribution in [0.15, 0.2) is 79.0 Å². The number of hydrogen-bond donors (Lipinski definition) is 2. The van der Waals surface area contributed by atoms with Gasteiger partial charge in [0.2, 0.25) is 0 Å². The van der Waals surface area contributed by atoms with Crippen LogP contribution in [0, 0.1) is 13.8 Å². The minimum Gasteiger partial charge on any atom is -0.478 e. The molecule has 2 N–H and O–H groups in total. The molecular formula is C27H23ClN4O2S. The van der Waals surface area contributed by atoms with Gasteiger partial charge in [0, 0.05) is 34.0 Å². The summed E-state index contributed by atoms with van der Waals surface area (Å²) in [6, 6.07) is 22.2. The van der Waals surface area contributed by atoms with E-state index in [1.807, 2.05) is 62.4 Å². The number of thiocarbonyl (C=S) groups is 1. The van der Waals surface area contributed by atoms with Gasteiger partial charge in [-0.1, -0.05) is 23.7 Å². The highest BCUT2D eigenvalue weighted by molar-refractivity contribution is 7.80. The Labute approximate surface area is 213 Å². The first-order chi connectivity index (χ1) is 16.8. The summed E-state index contributed by atoms with van der Waals surface area (Å²) in [6.07, 6.45) is 1.78. The zero-order chi connectivity index (χ0) is 24.7. The smallest absolute Gasteiger partial charge is 0.335 e. The third-order valence-corrected chi connectivity index (χ3v) is 6.91. The number of nitrogens with one attached hydrogen (secondary N) is 1. The maximum atomic E-state index is 11.6. The lowest BCUT2D eigenvalue weighted by molar-refractivity contribution is 0.0697. The van der Waals surface area contributed by atoms with E-state index >= 15 is 0 Å². The molecule has 176 valence electrons. The first-order valence-electron chi connectivity index (χ1n) is 11.1. The first-order valence-corrected chi connectivity index (χ1v) is 11.9. The van der Waals surface area contributed by atoms with E-state index in [4.69, 9.17) is 23.8 Å². The molecule has 1 aliphatic rings. The van der Waals surface area contributed by atoms with Gasteiger partial charge in [-0.3, -0.25) is 4.98 Å². The normalized spacial score (nSPS) is 17.5. The van der Waals surface area contributed by atoms with Crippen LogP contribution in [0.4, 0.5) is 5.69 Å². The van der Waals surface area contributed by atoms with Crippen LogP contribution in [0.1, 0.15) is 45.1 Å². The van der Waals surface area contributed by atoms with Crippen molar-refractivity contribution >= 4 is 40.6 Å². The van der Waals surface area contributed by atoms with E-state index in [-0.39, 0.29) is 17.6 Å². The van der Waals surface area contributed by atoms with Crippen LogP contribution in [0.2, 0.25) is 5.02 Å². The largest absolute Gasteiger partial charge is 0.478 e. The number of carboxylic acids is 1. The number of rotatable bonds is 5. The monoisotopic (exact) mass is 502 g/mol. The fourth-order valence-corrected chi connectivity index (χ4v) is 5.29. The van der Waals surface area contributed by atoms with E-state index in [1.54, 1.807) is 24.4 Å². The van der Waals surface area contributed by atoms with E-state index in [9.17, 15) is 9.90 Å². The van der Waals surface area contributed by atoms with Gasteiger partial charge in [0.25, 0.3) is 0 Å². The predicted molar refractivity (Wildman–Crippen MR) is 142 cm³/mol. The van der Waals surface area contributed by atoms with Crippen LogP contribution >= 0.6 is 23.8 Å². The topological polar surface area (TPSA) is 70.4 Å². The van der Waals surface area contributed by atoms with Gasteiger partial charge in [0.1, 0.15) is 0 Å². The lowest BCUT2D eigenvalue weighted by Gasteiger charge is -2.28. The Morgan fingerprint density at radius 1 is 1.03 bits per heavy atom. The van der Waals surface area contributed by atoms with E-state index < -0.39 is 5.97 Å². The Hall–Kier alpha value is -3.68. The van der Waals surface area contributed by atoms with Gasteiger partial charge >= 0.3 is 5.97 Å². The quantitative estimate of drug-likeness (QED) is 0.325. The van der Waals surface area contributed by atoms with Gasteiger partial charge < -0.3 is 19.9 Å². The van der Waals surface area contributed by atoms with Gasteiger partial charge in [0.05, 0.1) is 23.3 Å². The maximum Gasteiger partial charge on any atom is 0.335 e. The molecule has 0 saturated carbocycles. The molecule has 0 spiro atoms. The SMILES string of the molecule is Cc1cc([C@H]2[C@H](c3ccccn3)NC(=S)N2c2ccc(Cl)cc2)c(C)n1-c1cccc(C(=O)O)c1. The molecule has 1 saturated heterocycles. The van der Waals surface area contributed by atoms with Crippen LogP contribution in [0.3, 0.4) is 0 Å². The number of halogens is 1. The zero-order valence-electron chi connectivity index (χ0n) is 19.1. The number of anilines is 1. The molecule has 3 heterocycles. The molecule has 35 heavy (non-hydrogen) atoms. The molecule has 1 fully saturated rings. The Morgan fingerprint density at radius 3 is 2.49 bits per heavy atom. The molecule has 6 nitrogen and oxygen atoms in total. The van der Waals surface area contributed by atoms with Crippen molar-refractivity contribution in [2.45, 2.75) is 25.9 Å². The summed E-state index contributed by atoms with van der Waals surface area (Å²) in [5.41, 5.74) is 5.92. The zero-order valence-corrected chi connectivity index (χ0v) is 20.7. The van der Waals surface area contributed by atoms with Gasteiger partial charge in [0.15, 0.2) is 5.11 Å². The van der Waals surface area contributed by atoms with E-state index in [0.717, 1.165) is 34.0 Å². The maximum absolute atomic E-state index is 11.6. The summed E-state index contributed by atoms with van der Waals surface area (Å²) in [5.74, 6) is -0.955. The summed E-state index contributed by atoms with van der Waals surface area (Å²) in [6.45, 7) is 4.07. The van der Waals surface area contributed by atoms with Crippen molar-refractivity contribution in [3.63, 3.8) is 0 Å². The molecule has 5 rings (SSSR count). The fourth-order valence-electron chi connectivity index (χ4n) is 4.81. The minimum atomic E-state index is -0.955.